The molecule has 0 amide bonds. The minimum atomic E-state index is -0.771. The molecule has 58 valence electrons. The molecule has 10 heavy (non-hydrogen) atoms. The Kier molecular flexibility index (Phi) is 2.60. The second-order valence-corrected chi connectivity index (χ2v) is 3.07. The van der Waals surface area contributed by atoms with E-state index in [0.717, 1.165) is 13.1 Å². The quantitative estimate of drug-likeness (QED) is 0.492. The molecule has 4 nitrogen and oxygen atoms in total. The molecule has 1 aliphatic rings. The number of piperazine rings is 1. The van der Waals surface area contributed by atoms with Crippen LogP contribution in [0.25, 0.3) is 0 Å². The fourth-order valence-corrected chi connectivity index (χ4v) is 1.28. The van der Waals surface area contributed by atoms with Gasteiger partial charge in [0.1, 0.15) is 6.04 Å². The van der Waals surface area contributed by atoms with Crippen LogP contribution in [0.5, 0.6) is 0 Å². The molecule has 1 saturated heterocycles. The lowest BCUT2D eigenvalue weighted by atomic mass is 10.2. The molecule has 2 unspecified atom stereocenters. The van der Waals surface area contributed by atoms with Crippen LogP contribution in [0.1, 0.15) is 0 Å². The van der Waals surface area contributed by atoms with Crippen molar-refractivity contribution < 1.29 is 9.90 Å². The smallest absolute Gasteiger partial charge is 0.322 e. The summed E-state index contributed by atoms with van der Waals surface area (Å²) in [5.41, 5.74) is 0. The molecular formula is C5H11N2O2P. The maximum atomic E-state index is 10.4. The van der Waals surface area contributed by atoms with E-state index >= 15 is 0 Å². The third kappa shape index (κ3) is 1.90. The first kappa shape index (κ1) is 7.92. The van der Waals surface area contributed by atoms with Crippen molar-refractivity contribution in [3.63, 3.8) is 0 Å². The lowest BCUT2D eigenvalue weighted by molar-refractivity contribution is -0.140. The van der Waals surface area contributed by atoms with E-state index in [1.165, 1.54) is 0 Å². The normalized spacial score (nSPS) is 28.3. The Hall–Kier alpha value is -0.180. The number of nitrogens with zero attached hydrogens (tertiary/aromatic N) is 1. The molecule has 0 aromatic rings. The van der Waals surface area contributed by atoms with Crippen LogP contribution in [0.3, 0.4) is 0 Å². The molecule has 0 aliphatic carbocycles. The number of nitrogens with one attached hydrogen (secondary N) is 1. The van der Waals surface area contributed by atoms with Gasteiger partial charge in [0.05, 0.1) is 0 Å². The molecule has 1 aliphatic heterocycles. The molecule has 0 spiro atoms. The average molecular weight is 162 g/mol. The standard InChI is InChI=1S/C5H11N2O2P/c8-5(9)4-3-7(10)2-1-6-4/h4,6H,1-3,10H2,(H,8,9). The van der Waals surface area contributed by atoms with E-state index in [1.807, 2.05) is 4.67 Å². The highest BCUT2D eigenvalue weighted by Gasteiger charge is 2.22. The molecule has 1 fully saturated rings. The number of carbonyl (C=O) groups is 1. The van der Waals surface area contributed by atoms with Gasteiger partial charge in [-0.2, -0.15) is 0 Å². The Balaban J connectivity index is 2.39. The maximum Gasteiger partial charge on any atom is 0.322 e. The van der Waals surface area contributed by atoms with Gasteiger partial charge in [-0.15, -0.1) is 0 Å². The van der Waals surface area contributed by atoms with Crippen LogP contribution in [0.4, 0.5) is 0 Å². The SMILES string of the molecule is O=C(O)C1CN(P)CCN1. The fourth-order valence-electron chi connectivity index (χ4n) is 0.938. The molecule has 0 radical (unpaired) electrons. The molecule has 0 saturated carbocycles. The first-order chi connectivity index (χ1) is 4.70. The van der Waals surface area contributed by atoms with Gasteiger partial charge in [0.2, 0.25) is 0 Å². The first-order valence-corrected chi connectivity index (χ1v) is 3.67. The van der Waals surface area contributed by atoms with Gasteiger partial charge in [0, 0.05) is 19.6 Å². The van der Waals surface area contributed by atoms with Crippen LogP contribution in [0.2, 0.25) is 0 Å². The summed E-state index contributed by atoms with van der Waals surface area (Å²) in [5, 5.41) is 11.5. The average Bonchev–Trinajstić information content (AvgIpc) is 1.88. The maximum absolute atomic E-state index is 10.4. The van der Waals surface area contributed by atoms with Gasteiger partial charge >= 0.3 is 5.97 Å². The molecule has 1 rings (SSSR count). The zero-order valence-electron chi connectivity index (χ0n) is 5.58. The first-order valence-electron chi connectivity index (χ1n) is 3.16. The second-order valence-electron chi connectivity index (χ2n) is 2.34. The van der Waals surface area contributed by atoms with Crippen molar-refractivity contribution in [1.29, 1.82) is 0 Å². The molecule has 2 N–H and O–H groups in total. The van der Waals surface area contributed by atoms with Gasteiger partial charge < -0.3 is 10.4 Å². The van der Waals surface area contributed by atoms with E-state index in [1.54, 1.807) is 0 Å². The number of rotatable bonds is 1. The number of hydrogen-bond acceptors (Lipinski definition) is 3. The summed E-state index contributed by atoms with van der Waals surface area (Å²) in [7, 11) is 2.50. The lowest BCUT2D eigenvalue weighted by Gasteiger charge is -2.27. The second kappa shape index (κ2) is 3.28. The van der Waals surface area contributed by atoms with Gasteiger partial charge in [0.25, 0.3) is 0 Å². The van der Waals surface area contributed by atoms with Crippen molar-refractivity contribution in [2.45, 2.75) is 6.04 Å². The van der Waals surface area contributed by atoms with E-state index < -0.39 is 12.0 Å². The topological polar surface area (TPSA) is 52.6 Å². The van der Waals surface area contributed by atoms with Crippen molar-refractivity contribution in [3.05, 3.63) is 0 Å². The van der Waals surface area contributed by atoms with E-state index in [2.05, 4.69) is 14.7 Å². The van der Waals surface area contributed by atoms with Crippen LogP contribution >= 0.6 is 9.39 Å². The van der Waals surface area contributed by atoms with E-state index in [9.17, 15) is 4.79 Å². The summed E-state index contributed by atoms with van der Waals surface area (Å²) < 4.78 is 1.93. The Morgan fingerprint density at radius 2 is 2.50 bits per heavy atom. The van der Waals surface area contributed by atoms with E-state index in [0.29, 0.717) is 6.54 Å². The van der Waals surface area contributed by atoms with Crippen molar-refractivity contribution in [3.8, 4) is 0 Å². The number of hydrogen-bond donors (Lipinski definition) is 2. The number of carboxylic acid groups (broad SMARTS) is 1. The third-order valence-electron chi connectivity index (χ3n) is 1.50. The molecule has 0 bridgehead atoms. The highest BCUT2D eigenvalue weighted by molar-refractivity contribution is 7.13. The van der Waals surface area contributed by atoms with Crippen LogP contribution in [0.15, 0.2) is 0 Å². The van der Waals surface area contributed by atoms with Crippen LogP contribution in [-0.2, 0) is 4.79 Å². The Morgan fingerprint density at radius 3 is 2.90 bits per heavy atom. The van der Waals surface area contributed by atoms with Crippen LogP contribution in [0, 0.1) is 0 Å². The minimum absolute atomic E-state index is 0.397. The highest BCUT2D eigenvalue weighted by atomic mass is 31.0. The summed E-state index contributed by atoms with van der Waals surface area (Å²) in [6.45, 7) is 2.22. The predicted octanol–water partition coefficient (Wildman–Crippen LogP) is -0.865. The van der Waals surface area contributed by atoms with E-state index in [-0.39, 0.29) is 0 Å². The molecule has 2 atom stereocenters. The van der Waals surface area contributed by atoms with Crippen LogP contribution < -0.4 is 5.32 Å². The lowest BCUT2D eigenvalue weighted by Crippen LogP contribution is -2.51. The zero-order valence-corrected chi connectivity index (χ0v) is 6.73. The van der Waals surface area contributed by atoms with Crippen molar-refractivity contribution in [2.75, 3.05) is 19.6 Å². The fraction of sp³-hybridized carbons (Fsp3) is 0.800. The van der Waals surface area contributed by atoms with Gasteiger partial charge in [-0.25, -0.2) is 0 Å². The zero-order chi connectivity index (χ0) is 7.56. The molecule has 0 aromatic heterocycles. The Labute approximate surface area is 61.8 Å². The number of aliphatic carboxylic acids is 1. The Morgan fingerprint density at radius 1 is 1.80 bits per heavy atom. The van der Waals surface area contributed by atoms with Crippen molar-refractivity contribution in [2.24, 2.45) is 0 Å². The summed E-state index contributed by atoms with van der Waals surface area (Å²) in [6, 6.07) is -0.397. The Bertz CT molecular complexity index is 142. The summed E-state index contributed by atoms with van der Waals surface area (Å²) in [4.78, 5) is 10.4. The van der Waals surface area contributed by atoms with Crippen molar-refractivity contribution >= 4 is 15.4 Å². The van der Waals surface area contributed by atoms with Gasteiger partial charge in [0.15, 0.2) is 0 Å². The van der Waals surface area contributed by atoms with Crippen molar-refractivity contribution in [1.82, 2.24) is 9.99 Å². The van der Waals surface area contributed by atoms with Gasteiger partial charge in [-0.05, 0) is 0 Å². The van der Waals surface area contributed by atoms with Gasteiger partial charge in [-0.1, -0.05) is 9.39 Å². The molecule has 5 heteroatoms. The largest absolute Gasteiger partial charge is 0.480 e. The summed E-state index contributed by atoms with van der Waals surface area (Å²) in [5.74, 6) is -0.771. The summed E-state index contributed by atoms with van der Waals surface area (Å²) in [6.07, 6.45) is 0. The molecule has 1 heterocycles. The number of carboxylic acids is 1. The van der Waals surface area contributed by atoms with E-state index in [4.69, 9.17) is 5.11 Å². The van der Waals surface area contributed by atoms with Crippen LogP contribution in [-0.4, -0.2) is 41.4 Å². The minimum Gasteiger partial charge on any atom is -0.480 e. The third-order valence-corrected chi connectivity index (χ3v) is 1.97. The predicted molar refractivity (Wildman–Crippen MR) is 40.7 cm³/mol. The molecule has 0 aromatic carbocycles. The summed E-state index contributed by atoms with van der Waals surface area (Å²) >= 11 is 0. The molecular weight excluding hydrogens is 151 g/mol. The highest BCUT2D eigenvalue weighted by Crippen LogP contribution is 2.03. The van der Waals surface area contributed by atoms with Gasteiger partial charge in [-0.3, -0.25) is 9.46 Å². The monoisotopic (exact) mass is 162 g/mol.